The van der Waals surface area contributed by atoms with Gasteiger partial charge in [0.25, 0.3) is 11.8 Å². The normalized spacial score (nSPS) is 10.1. The number of anilines is 2. The third kappa shape index (κ3) is 4.49. The van der Waals surface area contributed by atoms with Crippen LogP contribution in [0.15, 0.2) is 66.9 Å². The first-order chi connectivity index (χ1) is 13.1. The second-order valence-corrected chi connectivity index (χ2v) is 5.90. The number of hydrogen-bond donors (Lipinski definition) is 2. The first kappa shape index (κ1) is 18.1. The van der Waals surface area contributed by atoms with Crippen molar-refractivity contribution in [1.29, 1.82) is 0 Å². The molecule has 2 aromatic carbocycles. The van der Waals surface area contributed by atoms with Gasteiger partial charge < -0.3 is 15.4 Å². The van der Waals surface area contributed by atoms with E-state index in [9.17, 15) is 9.59 Å². The summed E-state index contributed by atoms with van der Waals surface area (Å²) in [4.78, 5) is 29.0. The van der Waals surface area contributed by atoms with Crippen molar-refractivity contribution in [2.45, 2.75) is 6.92 Å². The monoisotopic (exact) mass is 361 g/mol. The molecule has 0 atom stereocenters. The fraction of sp³-hybridized carbons (Fsp3) is 0.0952. The van der Waals surface area contributed by atoms with E-state index in [1.54, 1.807) is 24.3 Å². The van der Waals surface area contributed by atoms with E-state index in [0.29, 0.717) is 22.7 Å². The topological polar surface area (TPSA) is 80.3 Å². The number of hydrogen-bond acceptors (Lipinski definition) is 4. The van der Waals surface area contributed by atoms with Crippen molar-refractivity contribution < 1.29 is 14.3 Å². The van der Waals surface area contributed by atoms with Crippen molar-refractivity contribution in [1.82, 2.24) is 4.98 Å². The van der Waals surface area contributed by atoms with Gasteiger partial charge in [-0.1, -0.05) is 29.8 Å². The molecule has 0 spiro atoms. The van der Waals surface area contributed by atoms with Gasteiger partial charge in [0.1, 0.15) is 11.4 Å². The van der Waals surface area contributed by atoms with Gasteiger partial charge in [-0.25, -0.2) is 0 Å². The molecule has 0 saturated carbocycles. The minimum Gasteiger partial charge on any atom is -0.495 e. The van der Waals surface area contributed by atoms with Crippen LogP contribution in [-0.2, 0) is 0 Å². The Balaban J connectivity index is 1.75. The first-order valence-corrected chi connectivity index (χ1v) is 8.35. The third-order valence-electron chi connectivity index (χ3n) is 3.92. The van der Waals surface area contributed by atoms with Gasteiger partial charge in [0.05, 0.1) is 12.8 Å². The van der Waals surface area contributed by atoms with Gasteiger partial charge in [0, 0.05) is 17.4 Å². The third-order valence-corrected chi connectivity index (χ3v) is 3.92. The standard InChI is InChI=1S/C21H19N3O3/c1-14-7-9-16(10-8-14)23-20(25)15-11-12-22-18(13-15)21(26)24-17-5-3-4-6-19(17)27-2/h3-13H,1-2H3,(H,23,25)(H,24,26). The summed E-state index contributed by atoms with van der Waals surface area (Å²) in [6.45, 7) is 1.97. The number of pyridine rings is 1. The maximum atomic E-state index is 12.5. The number of aryl methyl sites for hydroxylation is 1. The van der Waals surface area contributed by atoms with E-state index >= 15 is 0 Å². The smallest absolute Gasteiger partial charge is 0.274 e. The molecule has 0 aliphatic heterocycles. The molecule has 0 aliphatic rings. The van der Waals surface area contributed by atoms with Crippen LogP contribution >= 0.6 is 0 Å². The van der Waals surface area contributed by atoms with Crippen LogP contribution in [0.3, 0.4) is 0 Å². The molecular formula is C21H19N3O3. The summed E-state index contributed by atoms with van der Waals surface area (Å²) in [6.07, 6.45) is 1.43. The highest BCUT2D eigenvalue weighted by atomic mass is 16.5. The van der Waals surface area contributed by atoms with Crippen molar-refractivity contribution in [3.05, 3.63) is 83.7 Å². The highest BCUT2D eigenvalue weighted by Gasteiger charge is 2.14. The van der Waals surface area contributed by atoms with E-state index in [0.717, 1.165) is 5.56 Å². The minimum atomic E-state index is -0.426. The molecule has 136 valence electrons. The molecule has 1 heterocycles. The molecule has 0 saturated heterocycles. The molecule has 0 unspecified atom stereocenters. The predicted octanol–water partition coefficient (Wildman–Crippen LogP) is 3.90. The molecule has 0 fully saturated rings. The Hall–Kier alpha value is -3.67. The molecule has 0 aliphatic carbocycles. The van der Waals surface area contributed by atoms with Crippen LogP contribution in [0.25, 0.3) is 0 Å². The molecule has 2 N–H and O–H groups in total. The average Bonchev–Trinajstić information content (AvgIpc) is 2.70. The van der Waals surface area contributed by atoms with Crippen LogP contribution in [0.2, 0.25) is 0 Å². The van der Waals surface area contributed by atoms with Gasteiger partial charge in [-0.15, -0.1) is 0 Å². The summed E-state index contributed by atoms with van der Waals surface area (Å²) in [5, 5.41) is 5.54. The summed E-state index contributed by atoms with van der Waals surface area (Å²) < 4.78 is 5.22. The summed E-state index contributed by atoms with van der Waals surface area (Å²) in [7, 11) is 1.53. The maximum absolute atomic E-state index is 12.5. The van der Waals surface area contributed by atoms with E-state index in [2.05, 4.69) is 15.6 Å². The quantitative estimate of drug-likeness (QED) is 0.722. The van der Waals surface area contributed by atoms with Gasteiger partial charge in [0.15, 0.2) is 0 Å². The van der Waals surface area contributed by atoms with Crippen molar-refractivity contribution in [3.8, 4) is 5.75 Å². The van der Waals surface area contributed by atoms with Crippen LogP contribution in [0, 0.1) is 6.92 Å². The number of benzene rings is 2. The van der Waals surface area contributed by atoms with Gasteiger partial charge in [-0.3, -0.25) is 14.6 Å². The Bertz CT molecular complexity index is 968. The zero-order chi connectivity index (χ0) is 19.2. The van der Waals surface area contributed by atoms with Crippen molar-refractivity contribution in [3.63, 3.8) is 0 Å². The fourth-order valence-electron chi connectivity index (χ4n) is 2.47. The largest absolute Gasteiger partial charge is 0.495 e. The number of nitrogens with zero attached hydrogens (tertiary/aromatic N) is 1. The fourth-order valence-corrected chi connectivity index (χ4v) is 2.47. The molecule has 6 nitrogen and oxygen atoms in total. The van der Waals surface area contributed by atoms with E-state index in [1.165, 1.54) is 19.4 Å². The zero-order valence-electron chi connectivity index (χ0n) is 15.0. The molecule has 27 heavy (non-hydrogen) atoms. The number of amides is 2. The SMILES string of the molecule is COc1ccccc1NC(=O)c1cc(C(=O)Nc2ccc(C)cc2)ccn1. The van der Waals surface area contributed by atoms with Crippen LogP contribution in [0.4, 0.5) is 11.4 Å². The second-order valence-electron chi connectivity index (χ2n) is 5.90. The number of carbonyl (C=O) groups is 2. The number of rotatable bonds is 5. The number of ether oxygens (including phenoxy) is 1. The number of aromatic nitrogens is 1. The first-order valence-electron chi connectivity index (χ1n) is 8.35. The Morgan fingerprint density at radius 3 is 2.41 bits per heavy atom. The Kier molecular flexibility index (Phi) is 5.47. The highest BCUT2D eigenvalue weighted by Crippen LogP contribution is 2.23. The molecular weight excluding hydrogens is 342 g/mol. The highest BCUT2D eigenvalue weighted by molar-refractivity contribution is 6.08. The maximum Gasteiger partial charge on any atom is 0.274 e. The van der Waals surface area contributed by atoms with Gasteiger partial charge in [0.2, 0.25) is 0 Å². The number of methoxy groups -OCH3 is 1. The summed E-state index contributed by atoms with van der Waals surface area (Å²) in [5.41, 5.74) is 2.80. The van der Waals surface area contributed by atoms with E-state index in [4.69, 9.17) is 4.74 Å². The summed E-state index contributed by atoms with van der Waals surface area (Å²) in [5.74, 6) is -0.198. The zero-order valence-corrected chi connectivity index (χ0v) is 15.0. The molecule has 3 aromatic rings. The van der Waals surface area contributed by atoms with Crippen molar-refractivity contribution >= 4 is 23.2 Å². The lowest BCUT2D eigenvalue weighted by Gasteiger charge is -2.10. The molecule has 2 amide bonds. The van der Waals surface area contributed by atoms with E-state index in [-0.39, 0.29) is 11.6 Å². The molecule has 0 radical (unpaired) electrons. The number of para-hydroxylation sites is 2. The van der Waals surface area contributed by atoms with Gasteiger partial charge in [-0.2, -0.15) is 0 Å². The van der Waals surface area contributed by atoms with Crippen LogP contribution in [-0.4, -0.2) is 23.9 Å². The summed E-state index contributed by atoms with van der Waals surface area (Å²) >= 11 is 0. The van der Waals surface area contributed by atoms with Gasteiger partial charge in [-0.05, 0) is 43.3 Å². The second kappa shape index (κ2) is 8.14. The summed E-state index contributed by atoms with van der Waals surface area (Å²) in [6, 6.07) is 17.5. The van der Waals surface area contributed by atoms with Crippen LogP contribution in [0.5, 0.6) is 5.75 Å². The van der Waals surface area contributed by atoms with E-state index < -0.39 is 5.91 Å². The molecule has 1 aromatic heterocycles. The van der Waals surface area contributed by atoms with Crippen molar-refractivity contribution in [2.75, 3.05) is 17.7 Å². The Labute approximate surface area is 157 Å². The lowest BCUT2D eigenvalue weighted by Crippen LogP contribution is -2.17. The van der Waals surface area contributed by atoms with E-state index in [1.807, 2.05) is 37.3 Å². The number of nitrogens with one attached hydrogen (secondary N) is 2. The molecule has 0 bridgehead atoms. The molecule has 3 rings (SSSR count). The lowest BCUT2D eigenvalue weighted by atomic mass is 10.2. The van der Waals surface area contributed by atoms with Crippen LogP contribution in [0.1, 0.15) is 26.4 Å². The minimum absolute atomic E-state index is 0.137. The predicted molar refractivity (Wildman–Crippen MR) is 104 cm³/mol. The Morgan fingerprint density at radius 2 is 1.67 bits per heavy atom. The number of carbonyl (C=O) groups excluding carboxylic acids is 2. The van der Waals surface area contributed by atoms with Gasteiger partial charge >= 0.3 is 0 Å². The average molecular weight is 361 g/mol. The Morgan fingerprint density at radius 1 is 0.926 bits per heavy atom. The lowest BCUT2D eigenvalue weighted by molar-refractivity contribution is 0.102. The van der Waals surface area contributed by atoms with Crippen LogP contribution < -0.4 is 15.4 Å². The molecule has 6 heteroatoms. The van der Waals surface area contributed by atoms with Crippen molar-refractivity contribution in [2.24, 2.45) is 0 Å².